The van der Waals surface area contributed by atoms with Gasteiger partial charge in [-0.2, -0.15) is 5.26 Å². The summed E-state index contributed by atoms with van der Waals surface area (Å²) < 4.78 is 0. The van der Waals surface area contributed by atoms with Gasteiger partial charge >= 0.3 is 0 Å². The van der Waals surface area contributed by atoms with E-state index in [2.05, 4.69) is 42.3 Å². The summed E-state index contributed by atoms with van der Waals surface area (Å²) in [5.74, 6) is 0.271. The summed E-state index contributed by atoms with van der Waals surface area (Å²) in [6, 6.07) is 24.7. The third-order valence-electron chi connectivity index (χ3n) is 7.08. The summed E-state index contributed by atoms with van der Waals surface area (Å²) in [7, 11) is 0. The molecule has 0 fully saturated rings. The number of nitrogens with zero attached hydrogens (tertiary/aromatic N) is 2. The Morgan fingerprint density at radius 3 is 2.57 bits per heavy atom. The summed E-state index contributed by atoms with van der Waals surface area (Å²) in [6.45, 7) is 2.14. The van der Waals surface area contributed by atoms with E-state index in [1.54, 1.807) is 6.08 Å². The number of carbonyl (C=O) groups is 1. The van der Waals surface area contributed by atoms with Crippen molar-refractivity contribution in [1.29, 1.82) is 5.26 Å². The van der Waals surface area contributed by atoms with Crippen LogP contribution in [0.5, 0.6) is 0 Å². The van der Waals surface area contributed by atoms with E-state index in [1.165, 1.54) is 0 Å². The normalized spacial score (nSPS) is 22.3. The SMILES string of the molecule is CC1C=NC=C([C@]2(N)c3cccc(c3)/C(=C\C=O)c3cccc(c3)CCc3cc2ccc3C#N)C1. The van der Waals surface area contributed by atoms with Crippen molar-refractivity contribution >= 4 is 18.1 Å². The Kier molecular flexibility index (Phi) is 6.03. The molecule has 5 rings (SSSR count). The van der Waals surface area contributed by atoms with Crippen molar-refractivity contribution in [3.63, 3.8) is 0 Å². The van der Waals surface area contributed by atoms with Crippen molar-refractivity contribution in [2.24, 2.45) is 16.6 Å². The maximum absolute atomic E-state index is 11.6. The molecule has 0 radical (unpaired) electrons. The minimum Gasteiger partial charge on any atom is -0.314 e. The molecule has 0 aromatic heterocycles. The number of hydrogen-bond acceptors (Lipinski definition) is 4. The van der Waals surface area contributed by atoms with Crippen molar-refractivity contribution in [3.05, 3.63) is 124 Å². The zero-order valence-corrected chi connectivity index (χ0v) is 19.7. The Balaban J connectivity index is 1.82. The van der Waals surface area contributed by atoms with Gasteiger partial charge in [0.25, 0.3) is 0 Å². The number of allylic oxidation sites excluding steroid dienone is 1. The minimum atomic E-state index is -0.927. The van der Waals surface area contributed by atoms with Gasteiger partial charge in [0.15, 0.2) is 0 Å². The lowest BCUT2D eigenvalue weighted by Gasteiger charge is -2.36. The lowest BCUT2D eigenvalue weighted by molar-refractivity contribution is -0.104. The first-order valence-electron chi connectivity index (χ1n) is 11.9. The molecule has 2 N–H and O–H groups in total. The van der Waals surface area contributed by atoms with Gasteiger partial charge in [0.1, 0.15) is 6.29 Å². The Morgan fingerprint density at radius 1 is 1.03 bits per heavy atom. The molecule has 0 amide bonds. The highest BCUT2D eigenvalue weighted by atomic mass is 16.1. The van der Waals surface area contributed by atoms with Gasteiger partial charge in [0.2, 0.25) is 0 Å². The van der Waals surface area contributed by atoms with Crippen molar-refractivity contribution in [2.75, 3.05) is 0 Å². The number of hydrogen-bond donors (Lipinski definition) is 1. The fourth-order valence-electron chi connectivity index (χ4n) is 5.22. The van der Waals surface area contributed by atoms with Gasteiger partial charge < -0.3 is 5.73 Å². The molecule has 172 valence electrons. The van der Waals surface area contributed by atoms with E-state index in [0.29, 0.717) is 12.0 Å². The first-order chi connectivity index (χ1) is 17.0. The molecule has 1 heterocycles. The summed E-state index contributed by atoms with van der Waals surface area (Å²) in [6.07, 6.45) is 8.57. The van der Waals surface area contributed by atoms with Crippen molar-refractivity contribution in [3.8, 4) is 6.07 Å². The second-order valence-electron chi connectivity index (χ2n) is 9.42. The molecule has 4 nitrogen and oxygen atoms in total. The Hall–Kier alpha value is -4.07. The van der Waals surface area contributed by atoms with Crippen LogP contribution in [0, 0.1) is 17.2 Å². The molecular formula is C31H27N3O. The molecule has 2 aliphatic rings. The molecule has 4 heteroatoms. The maximum Gasteiger partial charge on any atom is 0.143 e. The molecule has 1 unspecified atom stereocenters. The number of aryl methyl sites for hydroxylation is 2. The molecule has 35 heavy (non-hydrogen) atoms. The molecule has 0 saturated heterocycles. The van der Waals surface area contributed by atoms with Gasteiger partial charge in [-0.05, 0) is 87.9 Å². The van der Waals surface area contributed by atoms with Crippen molar-refractivity contribution in [1.82, 2.24) is 0 Å². The number of carbonyl (C=O) groups excluding carboxylic acids is 1. The van der Waals surface area contributed by atoms with Crippen LogP contribution in [-0.2, 0) is 23.2 Å². The molecular weight excluding hydrogens is 430 g/mol. The van der Waals surface area contributed by atoms with Gasteiger partial charge in [0, 0.05) is 12.4 Å². The molecule has 2 atom stereocenters. The number of aliphatic imine (C=N–C) groups is 1. The average molecular weight is 458 g/mol. The first kappa shape index (κ1) is 22.7. The van der Waals surface area contributed by atoms with Crippen molar-refractivity contribution in [2.45, 2.75) is 31.7 Å². The highest BCUT2D eigenvalue weighted by Crippen LogP contribution is 2.40. The lowest BCUT2D eigenvalue weighted by Crippen LogP contribution is -2.41. The lowest BCUT2D eigenvalue weighted by atomic mass is 9.73. The van der Waals surface area contributed by atoms with Crippen LogP contribution >= 0.6 is 0 Å². The molecule has 0 saturated carbocycles. The third-order valence-corrected chi connectivity index (χ3v) is 7.08. The first-order valence-corrected chi connectivity index (χ1v) is 11.9. The third kappa shape index (κ3) is 4.16. The summed E-state index contributed by atoms with van der Waals surface area (Å²) in [5.41, 5.74) is 14.9. The molecule has 1 aliphatic heterocycles. The summed E-state index contributed by atoms with van der Waals surface area (Å²) in [4.78, 5) is 16.1. The minimum absolute atomic E-state index is 0.271. The number of nitrogens with two attached hydrogens (primary N) is 1. The fourth-order valence-corrected chi connectivity index (χ4v) is 5.22. The quantitative estimate of drug-likeness (QED) is 0.408. The Morgan fingerprint density at radius 2 is 1.80 bits per heavy atom. The molecule has 1 aliphatic carbocycles. The molecule has 0 spiro atoms. The van der Waals surface area contributed by atoms with Crippen LogP contribution in [0.15, 0.2) is 89.6 Å². The van der Waals surface area contributed by atoms with E-state index in [-0.39, 0.29) is 5.92 Å². The standard InChI is InChI=1S/C31H27N3O/c1-21-14-29(20-34-19-21)31(33)27-7-3-6-25(17-27)30(12-13-35)24-5-2-4-22(15-24)8-9-23-16-28(31)11-10-26(23)18-32/h2-7,10-13,15-17,19-21H,8-9,14,33H2,1H3/b30-12-/t21?,31-/m0/s1. The Labute approximate surface area is 206 Å². The van der Waals surface area contributed by atoms with E-state index >= 15 is 0 Å². The zero-order valence-electron chi connectivity index (χ0n) is 19.7. The summed E-state index contributed by atoms with van der Waals surface area (Å²) in [5, 5.41) is 9.80. The second-order valence-corrected chi connectivity index (χ2v) is 9.42. The van der Waals surface area contributed by atoms with Crippen LogP contribution in [0.1, 0.15) is 52.3 Å². The van der Waals surface area contributed by atoms with Crippen LogP contribution in [0.2, 0.25) is 0 Å². The topological polar surface area (TPSA) is 79.2 Å². The number of rotatable bonds is 2. The van der Waals surface area contributed by atoms with Gasteiger partial charge in [-0.15, -0.1) is 0 Å². The zero-order chi connectivity index (χ0) is 24.4. The second kappa shape index (κ2) is 9.29. The highest BCUT2D eigenvalue weighted by molar-refractivity contribution is 5.90. The number of nitriles is 1. The maximum atomic E-state index is 11.6. The molecule has 3 aromatic rings. The fraction of sp³-hybridized carbons (Fsp3) is 0.194. The largest absolute Gasteiger partial charge is 0.314 e. The van der Waals surface area contributed by atoms with E-state index in [9.17, 15) is 10.1 Å². The predicted octanol–water partition coefficient (Wildman–Crippen LogP) is 5.48. The molecule has 3 aromatic carbocycles. The van der Waals surface area contributed by atoms with Crippen LogP contribution in [0.4, 0.5) is 0 Å². The van der Waals surface area contributed by atoms with Gasteiger partial charge in [-0.1, -0.05) is 61.5 Å². The molecule has 6 bridgehead atoms. The van der Waals surface area contributed by atoms with E-state index < -0.39 is 5.54 Å². The smallest absolute Gasteiger partial charge is 0.143 e. The van der Waals surface area contributed by atoms with Gasteiger partial charge in [-0.3, -0.25) is 9.79 Å². The van der Waals surface area contributed by atoms with E-state index in [0.717, 1.165) is 63.7 Å². The average Bonchev–Trinajstić information content (AvgIpc) is 2.90. The van der Waals surface area contributed by atoms with Crippen molar-refractivity contribution < 1.29 is 4.79 Å². The number of fused-ring (bicyclic) bond motifs is 6. The number of aldehydes is 1. The highest BCUT2D eigenvalue weighted by Gasteiger charge is 2.36. The van der Waals surface area contributed by atoms with Gasteiger partial charge in [-0.25, -0.2) is 0 Å². The summed E-state index contributed by atoms with van der Waals surface area (Å²) >= 11 is 0. The van der Waals surface area contributed by atoms with Crippen LogP contribution in [-0.4, -0.2) is 12.5 Å². The van der Waals surface area contributed by atoms with E-state index in [4.69, 9.17) is 5.73 Å². The predicted molar refractivity (Wildman–Crippen MR) is 140 cm³/mol. The Bertz CT molecular complexity index is 1440. The van der Waals surface area contributed by atoms with Crippen LogP contribution in [0.25, 0.3) is 5.57 Å². The number of benzene rings is 3. The van der Waals surface area contributed by atoms with Gasteiger partial charge in [0.05, 0.1) is 17.2 Å². The monoisotopic (exact) mass is 457 g/mol. The van der Waals surface area contributed by atoms with Crippen LogP contribution < -0.4 is 5.73 Å². The van der Waals surface area contributed by atoms with E-state index in [1.807, 2.05) is 54.9 Å². The van der Waals surface area contributed by atoms with Crippen LogP contribution in [0.3, 0.4) is 0 Å².